The summed E-state index contributed by atoms with van der Waals surface area (Å²) < 4.78 is 2.20. The molecule has 0 spiro atoms. The fraction of sp³-hybridized carbons (Fsp3) is 0.600. The Morgan fingerprint density at radius 3 is 2.46 bits per heavy atom. The van der Waals surface area contributed by atoms with Gasteiger partial charge in [-0.3, -0.25) is 0 Å². The highest BCUT2D eigenvalue weighted by atomic mass is 15.1. The highest BCUT2D eigenvalue weighted by Gasteiger charge is 2.08. The number of aromatic nitrogens is 1. The zero-order valence-corrected chi connectivity index (χ0v) is 8.96. The van der Waals surface area contributed by atoms with E-state index in [1.165, 1.54) is 17.1 Å². The third kappa shape index (κ3) is 1.86. The van der Waals surface area contributed by atoms with Crippen molar-refractivity contribution >= 4 is 5.69 Å². The zero-order valence-electron chi connectivity index (χ0n) is 8.96. The van der Waals surface area contributed by atoms with Crippen LogP contribution in [-0.4, -0.2) is 24.7 Å². The van der Waals surface area contributed by atoms with Gasteiger partial charge in [0.05, 0.1) is 5.69 Å². The molecule has 0 aromatic carbocycles. The van der Waals surface area contributed by atoms with E-state index in [9.17, 15) is 0 Å². The maximum Gasteiger partial charge on any atom is 0.0576 e. The SMILES string of the molecule is Cc1cc(N(C)CCN)c(C)n1C. The Bertz CT molecular complexity index is 289. The predicted molar refractivity (Wildman–Crippen MR) is 57.2 cm³/mol. The van der Waals surface area contributed by atoms with Crippen LogP contribution in [0, 0.1) is 13.8 Å². The van der Waals surface area contributed by atoms with Crippen molar-refractivity contribution in [2.24, 2.45) is 12.8 Å². The van der Waals surface area contributed by atoms with E-state index in [0.29, 0.717) is 6.54 Å². The second-order valence-corrected chi connectivity index (χ2v) is 3.53. The Hall–Kier alpha value is -0.960. The summed E-state index contributed by atoms with van der Waals surface area (Å²) in [5, 5.41) is 0. The van der Waals surface area contributed by atoms with Gasteiger partial charge in [-0.1, -0.05) is 0 Å². The lowest BCUT2D eigenvalue weighted by Gasteiger charge is -2.17. The lowest BCUT2D eigenvalue weighted by atomic mass is 10.3. The van der Waals surface area contributed by atoms with E-state index >= 15 is 0 Å². The molecule has 0 bridgehead atoms. The van der Waals surface area contributed by atoms with Crippen LogP contribution in [0.2, 0.25) is 0 Å². The van der Waals surface area contributed by atoms with Gasteiger partial charge in [0.1, 0.15) is 0 Å². The van der Waals surface area contributed by atoms with Gasteiger partial charge in [0.2, 0.25) is 0 Å². The van der Waals surface area contributed by atoms with Crippen LogP contribution < -0.4 is 10.6 Å². The fourth-order valence-electron chi connectivity index (χ4n) is 1.54. The van der Waals surface area contributed by atoms with Crippen molar-refractivity contribution in [3.05, 3.63) is 17.5 Å². The fourth-order valence-corrected chi connectivity index (χ4v) is 1.54. The lowest BCUT2D eigenvalue weighted by molar-refractivity contribution is 0.830. The summed E-state index contributed by atoms with van der Waals surface area (Å²) >= 11 is 0. The third-order valence-electron chi connectivity index (χ3n) is 2.62. The van der Waals surface area contributed by atoms with Crippen molar-refractivity contribution < 1.29 is 0 Å². The molecule has 0 saturated carbocycles. The minimum absolute atomic E-state index is 0.698. The average Bonchev–Trinajstić information content (AvgIpc) is 2.33. The van der Waals surface area contributed by atoms with Crippen LogP contribution >= 0.6 is 0 Å². The smallest absolute Gasteiger partial charge is 0.0576 e. The van der Waals surface area contributed by atoms with Gasteiger partial charge in [0, 0.05) is 38.6 Å². The number of likely N-dealkylation sites (N-methyl/N-ethyl adjacent to an activating group) is 1. The number of anilines is 1. The number of aryl methyl sites for hydroxylation is 1. The van der Waals surface area contributed by atoms with Gasteiger partial charge in [-0.05, 0) is 19.9 Å². The van der Waals surface area contributed by atoms with Gasteiger partial charge < -0.3 is 15.2 Å². The second-order valence-electron chi connectivity index (χ2n) is 3.53. The third-order valence-corrected chi connectivity index (χ3v) is 2.62. The van der Waals surface area contributed by atoms with Crippen molar-refractivity contribution in [1.29, 1.82) is 0 Å². The predicted octanol–water partition coefficient (Wildman–Crippen LogP) is 1.04. The summed E-state index contributed by atoms with van der Waals surface area (Å²) in [5.74, 6) is 0. The molecule has 1 aromatic heterocycles. The normalized spacial score (nSPS) is 10.5. The van der Waals surface area contributed by atoms with Crippen LogP contribution in [0.15, 0.2) is 6.07 Å². The van der Waals surface area contributed by atoms with Crippen LogP contribution in [0.4, 0.5) is 5.69 Å². The average molecular weight is 181 g/mol. The van der Waals surface area contributed by atoms with Crippen molar-refractivity contribution in [2.45, 2.75) is 13.8 Å². The largest absolute Gasteiger partial charge is 0.372 e. The van der Waals surface area contributed by atoms with Gasteiger partial charge in [0.25, 0.3) is 0 Å². The van der Waals surface area contributed by atoms with Gasteiger partial charge in [-0.2, -0.15) is 0 Å². The Morgan fingerprint density at radius 2 is 2.08 bits per heavy atom. The molecule has 0 aliphatic heterocycles. The number of nitrogens with two attached hydrogens (primary N) is 1. The summed E-state index contributed by atoms with van der Waals surface area (Å²) in [7, 11) is 4.17. The first-order valence-corrected chi connectivity index (χ1v) is 4.62. The highest BCUT2D eigenvalue weighted by Crippen LogP contribution is 2.21. The van der Waals surface area contributed by atoms with Gasteiger partial charge in [0.15, 0.2) is 0 Å². The molecule has 2 N–H and O–H groups in total. The van der Waals surface area contributed by atoms with E-state index < -0.39 is 0 Å². The molecule has 0 unspecified atom stereocenters. The maximum absolute atomic E-state index is 5.51. The molecule has 1 heterocycles. The molecule has 0 aliphatic carbocycles. The van der Waals surface area contributed by atoms with Crippen LogP contribution in [0.3, 0.4) is 0 Å². The molecule has 0 atom stereocenters. The molecule has 0 aliphatic rings. The van der Waals surface area contributed by atoms with E-state index in [1.807, 2.05) is 0 Å². The number of hydrogen-bond donors (Lipinski definition) is 1. The van der Waals surface area contributed by atoms with E-state index in [4.69, 9.17) is 5.73 Å². The first-order chi connectivity index (χ1) is 6.07. The molecule has 1 rings (SSSR count). The summed E-state index contributed by atoms with van der Waals surface area (Å²) in [6.07, 6.45) is 0. The molecule has 0 fully saturated rings. The molecular weight excluding hydrogens is 162 g/mol. The maximum atomic E-state index is 5.51. The summed E-state index contributed by atoms with van der Waals surface area (Å²) in [5.41, 5.74) is 9.38. The zero-order chi connectivity index (χ0) is 10.0. The number of nitrogens with zero attached hydrogens (tertiary/aromatic N) is 2. The quantitative estimate of drug-likeness (QED) is 0.756. The Morgan fingerprint density at radius 1 is 1.46 bits per heavy atom. The minimum atomic E-state index is 0.698. The van der Waals surface area contributed by atoms with Crippen LogP contribution in [0.1, 0.15) is 11.4 Å². The van der Waals surface area contributed by atoms with Crippen molar-refractivity contribution in [2.75, 3.05) is 25.0 Å². The molecule has 3 heteroatoms. The second kappa shape index (κ2) is 3.83. The van der Waals surface area contributed by atoms with Crippen LogP contribution in [-0.2, 0) is 7.05 Å². The minimum Gasteiger partial charge on any atom is -0.372 e. The first-order valence-electron chi connectivity index (χ1n) is 4.62. The summed E-state index contributed by atoms with van der Waals surface area (Å²) in [6, 6.07) is 2.20. The molecule has 0 saturated heterocycles. The van der Waals surface area contributed by atoms with E-state index in [1.54, 1.807) is 0 Å². The number of hydrogen-bond acceptors (Lipinski definition) is 2. The van der Waals surface area contributed by atoms with Gasteiger partial charge in [-0.15, -0.1) is 0 Å². The van der Waals surface area contributed by atoms with E-state index in [2.05, 4.69) is 43.5 Å². The Kier molecular flexibility index (Phi) is 2.98. The standard InChI is InChI=1S/C10H19N3/c1-8-7-10(9(2)13(8)4)12(3)6-5-11/h7H,5-6,11H2,1-4H3. The van der Waals surface area contributed by atoms with Crippen molar-refractivity contribution in [3.63, 3.8) is 0 Å². The monoisotopic (exact) mass is 181 g/mol. The topological polar surface area (TPSA) is 34.2 Å². The number of rotatable bonds is 3. The first kappa shape index (κ1) is 10.1. The Balaban J connectivity index is 2.94. The highest BCUT2D eigenvalue weighted by molar-refractivity contribution is 5.52. The molecule has 1 aromatic rings. The van der Waals surface area contributed by atoms with E-state index in [0.717, 1.165) is 6.54 Å². The van der Waals surface area contributed by atoms with Gasteiger partial charge >= 0.3 is 0 Å². The van der Waals surface area contributed by atoms with Gasteiger partial charge in [-0.25, -0.2) is 0 Å². The summed E-state index contributed by atoms with van der Waals surface area (Å²) in [6.45, 7) is 5.86. The lowest BCUT2D eigenvalue weighted by Crippen LogP contribution is -2.25. The summed E-state index contributed by atoms with van der Waals surface area (Å²) in [4.78, 5) is 2.20. The van der Waals surface area contributed by atoms with Crippen molar-refractivity contribution in [3.8, 4) is 0 Å². The van der Waals surface area contributed by atoms with Crippen molar-refractivity contribution in [1.82, 2.24) is 4.57 Å². The Labute approximate surface area is 80.1 Å². The molecule has 0 radical (unpaired) electrons. The van der Waals surface area contributed by atoms with E-state index in [-0.39, 0.29) is 0 Å². The molecule has 3 nitrogen and oxygen atoms in total. The molecular formula is C10H19N3. The molecule has 74 valence electrons. The van der Waals surface area contributed by atoms with Crippen LogP contribution in [0.25, 0.3) is 0 Å². The van der Waals surface area contributed by atoms with Crippen LogP contribution in [0.5, 0.6) is 0 Å². The molecule has 0 amide bonds. The molecule has 13 heavy (non-hydrogen) atoms.